The zero-order chi connectivity index (χ0) is 21.6. The van der Waals surface area contributed by atoms with E-state index in [1.807, 2.05) is 29.3 Å². The van der Waals surface area contributed by atoms with Gasteiger partial charge in [-0.05, 0) is 67.6 Å². The third-order valence-electron chi connectivity index (χ3n) is 7.42. The largest absolute Gasteiger partial charge is 0.324 e. The number of halogens is 1. The summed E-state index contributed by atoms with van der Waals surface area (Å²) in [5, 5.41) is 0. The molecule has 5 nitrogen and oxygen atoms in total. The van der Waals surface area contributed by atoms with E-state index in [4.69, 9.17) is 0 Å². The number of fused-ring (bicyclic) bond motifs is 1. The average molecular weight is 423 g/mol. The number of benzene rings is 1. The number of hydrogen-bond acceptors (Lipinski definition) is 3. The molecule has 1 spiro atoms. The number of rotatable bonds is 2. The molecular formula is C25H31FN4O. The fourth-order valence-electron chi connectivity index (χ4n) is 5.62. The molecule has 31 heavy (non-hydrogen) atoms. The minimum atomic E-state index is -0.169. The first-order chi connectivity index (χ1) is 14.9. The molecule has 3 aliphatic heterocycles. The summed E-state index contributed by atoms with van der Waals surface area (Å²) in [6, 6.07) is 11.0. The highest BCUT2D eigenvalue weighted by molar-refractivity contribution is 5.94. The molecule has 0 aliphatic carbocycles. The number of anilines is 1. The summed E-state index contributed by atoms with van der Waals surface area (Å²) in [5.74, 6) is -0.169. The van der Waals surface area contributed by atoms with Crippen LogP contribution in [0.3, 0.4) is 0 Å². The molecule has 1 aromatic heterocycles. The number of likely N-dealkylation sites (tertiary alicyclic amines) is 2. The van der Waals surface area contributed by atoms with Crippen molar-refractivity contribution in [1.29, 1.82) is 0 Å². The summed E-state index contributed by atoms with van der Waals surface area (Å²) in [7, 11) is 0. The van der Waals surface area contributed by atoms with E-state index in [0.29, 0.717) is 6.54 Å². The predicted molar refractivity (Wildman–Crippen MR) is 120 cm³/mol. The lowest BCUT2D eigenvalue weighted by molar-refractivity contribution is 0.105. The summed E-state index contributed by atoms with van der Waals surface area (Å²) in [5.41, 5.74) is 3.11. The number of carbonyl (C=O) groups excluding carboxylic acids is 1. The lowest BCUT2D eigenvalue weighted by Gasteiger charge is -2.39. The number of nitrogens with zero attached hydrogens (tertiary/aromatic N) is 4. The van der Waals surface area contributed by atoms with Crippen molar-refractivity contribution in [3.05, 3.63) is 59.7 Å². The molecule has 2 saturated heterocycles. The number of hydrogen-bond donors (Lipinski definition) is 0. The molecule has 2 aromatic rings. The van der Waals surface area contributed by atoms with Crippen molar-refractivity contribution < 1.29 is 9.18 Å². The van der Waals surface area contributed by atoms with Crippen molar-refractivity contribution in [3.8, 4) is 0 Å². The average Bonchev–Trinajstić information content (AvgIpc) is 3.29. The first kappa shape index (κ1) is 20.4. The maximum absolute atomic E-state index is 13.5. The number of aromatic nitrogens is 1. The van der Waals surface area contributed by atoms with Crippen LogP contribution >= 0.6 is 0 Å². The van der Waals surface area contributed by atoms with E-state index in [0.717, 1.165) is 68.9 Å². The Balaban J connectivity index is 1.21. The fraction of sp³-hybridized carbons (Fsp3) is 0.520. The van der Waals surface area contributed by atoms with Crippen LogP contribution in [0.25, 0.3) is 0 Å². The Morgan fingerprint density at radius 2 is 1.84 bits per heavy atom. The van der Waals surface area contributed by atoms with Crippen LogP contribution in [0.15, 0.2) is 42.6 Å². The van der Waals surface area contributed by atoms with Crippen LogP contribution in [0, 0.1) is 11.2 Å². The lowest BCUT2D eigenvalue weighted by atomic mass is 9.77. The minimum Gasteiger partial charge on any atom is -0.324 e. The van der Waals surface area contributed by atoms with Gasteiger partial charge in [-0.2, -0.15) is 0 Å². The predicted octanol–water partition coefficient (Wildman–Crippen LogP) is 4.43. The first-order valence-electron chi connectivity index (χ1n) is 11.3. The van der Waals surface area contributed by atoms with Crippen molar-refractivity contribution in [2.24, 2.45) is 5.41 Å². The molecule has 4 heterocycles. The van der Waals surface area contributed by atoms with E-state index >= 15 is 0 Å². The number of urea groups is 1. The van der Waals surface area contributed by atoms with Gasteiger partial charge in [-0.15, -0.1) is 0 Å². The molecule has 164 valence electrons. The Morgan fingerprint density at radius 1 is 1.06 bits per heavy atom. The molecule has 3 aliphatic rings. The van der Waals surface area contributed by atoms with Gasteiger partial charge in [0.05, 0.1) is 11.4 Å². The van der Waals surface area contributed by atoms with Crippen molar-refractivity contribution in [2.75, 3.05) is 37.6 Å². The number of carbonyl (C=O) groups is 1. The Morgan fingerprint density at radius 3 is 2.61 bits per heavy atom. The fourth-order valence-corrected chi connectivity index (χ4v) is 5.62. The van der Waals surface area contributed by atoms with Gasteiger partial charge < -0.3 is 4.90 Å². The van der Waals surface area contributed by atoms with E-state index in [-0.39, 0.29) is 22.7 Å². The summed E-state index contributed by atoms with van der Waals surface area (Å²) in [6.07, 6.45) is 5.08. The summed E-state index contributed by atoms with van der Waals surface area (Å²) in [6.45, 7) is 9.47. The van der Waals surface area contributed by atoms with Gasteiger partial charge in [-0.1, -0.05) is 26.0 Å². The van der Waals surface area contributed by atoms with Crippen molar-refractivity contribution in [3.63, 3.8) is 0 Å². The highest BCUT2D eigenvalue weighted by Crippen LogP contribution is 2.43. The molecule has 0 unspecified atom stereocenters. The van der Waals surface area contributed by atoms with Gasteiger partial charge in [0, 0.05) is 37.8 Å². The van der Waals surface area contributed by atoms with Crippen molar-refractivity contribution in [1.82, 2.24) is 14.8 Å². The van der Waals surface area contributed by atoms with Gasteiger partial charge in [0.15, 0.2) is 0 Å². The Bertz CT molecular complexity index is 983. The van der Waals surface area contributed by atoms with Gasteiger partial charge in [-0.25, -0.2) is 9.18 Å². The van der Waals surface area contributed by atoms with Gasteiger partial charge >= 0.3 is 6.03 Å². The quantitative estimate of drug-likeness (QED) is 0.719. The number of pyridine rings is 1. The topological polar surface area (TPSA) is 39.7 Å². The van der Waals surface area contributed by atoms with Crippen LogP contribution in [0.4, 0.5) is 14.9 Å². The first-order valence-corrected chi connectivity index (χ1v) is 11.3. The molecule has 1 aromatic carbocycles. The molecule has 2 amide bonds. The Kier molecular flexibility index (Phi) is 5.00. The van der Waals surface area contributed by atoms with Gasteiger partial charge in [0.25, 0.3) is 0 Å². The standard InChI is InChI=1S/C25H31FN4O/c1-24(2)17-30(21-7-4-11-27-22(21)24)23(31)29-14-10-25(18-29)8-12-28(13-9-25)16-19-5-3-6-20(26)15-19/h3-7,11,15H,8-10,12-14,16-18H2,1-2H3. The minimum absolute atomic E-state index is 0.119. The molecular weight excluding hydrogens is 391 g/mol. The number of amides is 2. The molecule has 6 heteroatoms. The maximum atomic E-state index is 13.5. The Labute approximate surface area is 183 Å². The second kappa shape index (κ2) is 7.59. The summed E-state index contributed by atoms with van der Waals surface area (Å²) >= 11 is 0. The van der Waals surface area contributed by atoms with Gasteiger partial charge in [-0.3, -0.25) is 14.8 Å². The molecule has 0 radical (unpaired) electrons. The maximum Gasteiger partial charge on any atom is 0.324 e. The monoisotopic (exact) mass is 422 g/mol. The van der Waals surface area contributed by atoms with E-state index < -0.39 is 0 Å². The van der Waals surface area contributed by atoms with E-state index in [1.54, 1.807) is 12.1 Å². The second-order valence-electron chi connectivity index (χ2n) is 10.2. The molecule has 0 saturated carbocycles. The van der Waals surface area contributed by atoms with E-state index in [1.165, 1.54) is 6.07 Å². The smallest absolute Gasteiger partial charge is 0.324 e. The van der Waals surface area contributed by atoms with Crippen LogP contribution < -0.4 is 4.90 Å². The third kappa shape index (κ3) is 3.82. The van der Waals surface area contributed by atoms with Crippen molar-refractivity contribution in [2.45, 2.75) is 45.1 Å². The van der Waals surface area contributed by atoms with Crippen LogP contribution in [0.1, 0.15) is 44.4 Å². The second-order valence-corrected chi connectivity index (χ2v) is 10.2. The normalized spacial score (nSPS) is 22.2. The third-order valence-corrected chi connectivity index (χ3v) is 7.42. The molecule has 5 rings (SSSR count). The van der Waals surface area contributed by atoms with E-state index in [2.05, 4.69) is 28.6 Å². The van der Waals surface area contributed by atoms with Crippen LogP contribution in [0.2, 0.25) is 0 Å². The molecule has 0 atom stereocenters. The van der Waals surface area contributed by atoms with Crippen LogP contribution in [-0.2, 0) is 12.0 Å². The van der Waals surface area contributed by atoms with Crippen LogP contribution in [0.5, 0.6) is 0 Å². The zero-order valence-electron chi connectivity index (χ0n) is 18.5. The van der Waals surface area contributed by atoms with Gasteiger partial charge in [0.1, 0.15) is 5.82 Å². The zero-order valence-corrected chi connectivity index (χ0v) is 18.5. The SMILES string of the molecule is CC1(C)CN(C(=O)N2CCC3(CCN(Cc4cccc(F)c4)CC3)C2)c2cccnc21. The molecule has 0 N–H and O–H groups in total. The number of piperidine rings is 1. The summed E-state index contributed by atoms with van der Waals surface area (Å²) < 4.78 is 13.5. The molecule has 0 bridgehead atoms. The highest BCUT2D eigenvalue weighted by atomic mass is 19.1. The van der Waals surface area contributed by atoms with Gasteiger partial charge in [0.2, 0.25) is 0 Å². The van der Waals surface area contributed by atoms with E-state index in [9.17, 15) is 9.18 Å². The highest BCUT2D eigenvalue weighted by Gasteiger charge is 2.46. The Hall–Kier alpha value is -2.47. The van der Waals surface area contributed by atoms with Crippen molar-refractivity contribution >= 4 is 11.7 Å². The van der Waals surface area contributed by atoms with Crippen LogP contribution in [-0.4, -0.2) is 53.5 Å². The lowest BCUT2D eigenvalue weighted by Crippen LogP contribution is -2.46. The molecule has 2 fully saturated rings. The summed E-state index contributed by atoms with van der Waals surface area (Å²) in [4.78, 5) is 24.4.